The van der Waals surface area contributed by atoms with Crippen molar-refractivity contribution in [2.24, 2.45) is 0 Å². The van der Waals surface area contributed by atoms with Gasteiger partial charge < -0.3 is 0 Å². The van der Waals surface area contributed by atoms with Crippen LogP contribution in [0, 0.1) is 0 Å². The number of halogens is 2. The number of rotatable bonds is 5. The number of benzene rings is 5. The second kappa shape index (κ2) is 14.4. The summed E-state index contributed by atoms with van der Waals surface area (Å²) in [4.78, 5) is 0. The van der Waals surface area contributed by atoms with Gasteiger partial charge in [-0.25, -0.2) is 0 Å². The van der Waals surface area contributed by atoms with Crippen molar-refractivity contribution in [3.05, 3.63) is 182 Å². The third-order valence-electron chi connectivity index (χ3n) is 9.75. The van der Waals surface area contributed by atoms with E-state index >= 15 is 0 Å². The summed E-state index contributed by atoms with van der Waals surface area (Å²) in [5.74, 6) is 0. The van der Waals surface area contributed by atoms with E-state index in [1.54, 1.807) is 6.49 Å². The first kappa shape index (κ1) is 36.2. The summed E-state index contributed by atoms with van der Waals surface area (Å²) in [5, 5.41) is 0. The average molecular weight is 749 g/mol. The van der Waals surface area contributed by atoms with E-state index in [4.69, 9.17) is 0 Å². The fourth-order valence-electron chi connectivity index (χ4n) is 7.30. The summed E-state index contributed by atoms with van der Waals surface area (Å²) in [6, 6.07) is 48.6. The zero-order valence-electron chi connectivity index (χ0n) is 28.9. The second-order valence-electron chi connectivity index (χ2n) is 14.9. The van der Waals surface area contributed by atoms with E-state index in [2.05, 4.69) is 181 Å². The van der Waals surface area contributed by atoms with Crippen LogP contribution in [-0.4, -0.2) is 3.21 Å². The van der Waals surface area contributed by atoms with Gasteiger partial charge in [0.1, 0.15) is 0 Å². The Morgan fingerprint density at radius 3 is 1.46 bits per heavy atom. The van der Waals surface area contributed by atoms with Crippen molar-refractivity contribution in [3.8, 4) is 11.1 Å². The van der Waals surface area contributed by atoms with Gasteiger partial charge in [-0.15, -0.1) is 24.8 Å². The first-order chi connectivity index (χ1) is 22.1. The van der Waals surface area contributed by atoms with Crippen LogP contribution in [0.4, 0.5) is 0 Å². The summed E-state index contributed by atoms with van der Waals surface area (Å²) >= 11 is -2.87. The Morgan fingerprint density at radius 2 is 1.00 bits per heavy atom. The van der Waals surface area contributed by atoms with Crippen molar-refractivity contribution in [1.29, 1.82) is 0 Å². The summed E-state index contributed by atoms with van der Waals surface area (Å²) in [6.07, 6.45) is 5.94. The zero-order chi connectivity index (χ0) is 32.1. The molecule has 3 heteroatoms. The van der Waals surface area contributed by atoms with Gasteiger partial charge in [-0.05, 0) is 0 Å². The van der Waals surface area contributed by atoms with Crippen molar-refractivity contribution in [3.63, 3.8) is 0 Å². The van der Waals surface area contributed by atoms with Crippen molar-refractivity contribution < 1.29 is 21.3 Å². The van der Waals surface area contributed by atoms with Gasteiger partial charge in [0.25, 0.3) is 0 Å². The molecule has 0 saturated carbocycles. The predicted octanol–water partition coefficient (Wildman–Crippen LogP) is 12.5. The van der Waals surface area contributed by atoms with Gasteiger partial charge in [-0.1, -0.05) is 0 Å². The third kappa shape index (κ3) is 6.85. The zero-order valence-corrected chi connectivity index (χ0v) is 33.0. The molecule has 0 saturated heterocycles. The van der Waals surface area contributed by atoms with E-state index in [9.17, 15) is 0 Å². The molecule has 0 N–H and O–H groups in total. The fourth-order valence-corrected chi connectivity index (χ4v) is 16.8. The molecule has 48 heavy (non-hydrogen) atoms. The second-order valence-corrected chi connectivity index (χ2v) is 21.1. The number of fused-ring (bicyclic) bond motifs is 3. The van der Waals surface area contributed by atoms with Gasteiger partial charge >= 0.3 is 285 Å². The monoisotopic (exact) mass is 746 g/mol. The maximum absolute atomic E-state index is 2.87. The summed E-state index contributed by atoms with van der Waals surface area (Å²) in [7, 11) is 0. The molecule has 0 bridgehead atoms. The van der Waals surface area contributed by atoms with E-state index in [0.29, 0.717) is 3.63 Å². The Kier molecular flexibility index (Phi) is 10.9. The molecule has 5 aromatic carbocycles. The summed E-state index contributed by atoms with van der Waals surface area (Å²) in [6.45, 7) is 14.1. The first-order valence-corrected chi connectivity index (χ1v) is 20.6. The van der Waals surface area contributed by atoms with Crippen LogP contribution >= 0.6 is 24.8 Å². The minimum absolute atomic E-state index is 0. The molecule has 0 aliphatic heterocycles. The Labute approximate surface area is 308 Å². The van der Waals surface area contributed by atoms with Crippen LogP contribution < -0.4 is 0 Å². The minimum Gasteiger partial charge on any atom is -0.147 e. The van der Waals surface area contributed by atoms with E-state index < -0.39 is 21.3 Å². The molecule has 0 aromatic heterocycles. The number of allylic oxidation sites excluding steroid dienone is 4. The van der Waals surface area contributed by atoms with Crippen LogP contribution in [0.1, 0.15) is 90.5 Å². The maximum Gasteiger partial charge on any atom is -0.147 e. The standard InChI is InChI=1S/C19H25.C13H9.C13H10.2ClH.Zr/c1-18(2,3)16-11-15(14-9-7-8-10-14)12-17(13-16)19(4,5)6;1-3-7-12-10(5-1)9-11-6-2-4-8-13(11)12;1-3-7-12(8-4-1)11-13-9-5-2-6-10-13;;;/h7,9,11-13H,8H2,1-6H3;1-9H;1-10H;2*1H;. The molecule has 0 spiro atoms. The Bertz CT molecular complexity index is 1900. The smallest absolute Gasteiger partial charge is 0.147 e. The summed E-state index contributed by atoms with van der Waals surface area (Å²) in [5.41, 5.74) is 14.4. The SMILES string of the molecule is CC(C)(C)c1cc(C2=[C]([Zr](=[C](c3ccccc3)c3ccccc3)[CH]3c4ccccc4-c4ccccc43)CC=C2)cc(C(C)(C)C)c1.Cl.Cl. The van der Waals surface area contributed by atoms with Gasteiger partial charge in [0, 0.05) is 0 Å². The van der Waals surface area contributed by atoms with Crippen molar-refractivity contribution >= 4 is 33.6 Å². The van der Waals surface area contributed by atoms with Crippen LogP contribution in [0.5, 0.6) is 0 Å². The van der Waals surface area contributed by atoms with E-state index in [-0.39, 0.29) is 35.6 Å². The Morgan fingerprint density at radius 1 is 0.562 bits per heavy atom. The molecule has 0 unspecified atom stereocenters. The summed E-state index contributed by atoms with van der Waals surface area (Å²) < 4.78 is 3.69. The molecule has 5 aromatic rings. The molecule has 0 nitrogen and oxygen atoms in total. The van der Waals surface area contributed by atoms with Crippen LogP contribution in [-0.2, 0) is 32.1 Å². The van der Waals surface area contributed by atoms with Gasteiger partial charge in [-0.3, -0.25) is 0 Å². The minimum atomic E-state index is -2.87. The van der Waals surface area contributed by atoms with Gasteiger partial charge in [0.2, 0.25) is 0 Å². The van der Waals surface area contributed by atoms with Crippen molar-refractivity contribution in [1.82, 2.24) is 0 Å². The Hall–Kier alpha value is -3.09. The average Bonchev–Trinajstić information content (AvgIpc) is 3.67. The third-order valence-corrected chi connectivity index (χ3v) is 18.2. The van der Waals surface area contributed by atoms with Gasteiger partial charge in [0.05, 0.1) is 0 Å². The number of hydrogen-bond acceptors (Lipinski definition) is 0. The van der Waals surface area contributed by atoms with E-state index in [0.717, 1.165) is 6.42 Å². The molecule has 2 aliphatic carbocycles. The molecule has 2 aliphatic rings. The number of hydrogen-bond donors (Lipinski definition) is 0. The molecule has 0 fully saturated rings. The maximum atomic E-state index is 2.50. The molecule has 0 atom stereocenters. The molecule has 0 radical (unpaired) electrons. The van der Waals surface area contributed by atoms with Crippen LogP contribution in [0.25, 0.3) is 16.7 Å². The first-order valence-electron chi connectivity index (χ1n) is 16.7. The van der Waals surface area contributed by atoms with Crippen LogP contribution in [0.2, 0.25) is 0 Å². The van der Waals surface area contributed by atoms with Crippen molar-refractivity contribution in [2.45, 2.75) is 62.4 Å². The fraction of sp³-hybridized carbons (Fsp3) is 0.222. The van der Waals surface area contributed by atoms with Crippen LogP contribution in [0.15, 0.2) is 143 Å². The normalized spacial score (nSPS) is 13.8. The van der Waals surface area contributed by atoms with E-state index in [1.807, 2.05) is 0 Å². The topological polar surface area (TPSA) is 0 Å². The largest absolute Gasteiger partial charge is 0.147 e. The molecule has 244 valence electrons. The molecule has 7 rings (SSSR count). The van der Waals surface area contributed by atoms with E-state index in [1.165, 1.54) is 55.6 Å². The molecule has 0 heterocycles. The van der Waals surface area contributed by atoms with Gasteiger partial charge in [0.15, 0.2) is 0 Å². The van der Waals surface area contributed by atoms with Gasteiger partial charge in [-0.2, -0.15) is 0 Å². The van der Waals surface area contributed by atoms with Crippen LogP contribution in [0.3, 0.4) is 0 Å². The molecular weight excluding hydrogens is 703 g/mol. The van der Waals surface area contributed by atoms with Crippen molar-refractivity contribution in [2.75, 3.05) is 0 Å². The molecular formula is C45H46Cl2Zr. The Balaban J connectivity index is 0.00000225. The molecule has 0 amide bonds. The quantitative estimate of drug-likeness (QED) is 0.168. The predicted molar refractivity (Wildman–Crippen MR) is 209 cm³/mol.